The first-order valence-electron chi connectivity index (χ1n) is 16.8. The zero-order valence-corrected chi connectivity index (χ0v) is 30.2. The number of hydrogen-bond acceptors (Lipinski definition) is 7. The molecule has 1 aliphatic heterocycles. The van der Waals surface area contributed by atoms with Gasteiger partial charge in [0.05, 0.1) is 41.2 Å². The summed E-state index contributed by atoms with van der Waals surface area (Å²) in [4.78, 5) is 17.6. The highest BCUT2D eigenvalue weighted by atomic mass is 32.2. The molecule has 6 rings (SSSR count). The zero-order chi connectivity index (χ0) is 38.2. The number of benzene rings is 3. The Labute approximate surface area is 307 Å². The number of aromatic nitrogens is 1. The van der Waals surface area contributed by atoms with Gasteiger partial charge in [0.1, 0.15) is 23.7 Å². The fourth-order valence-corrected chi connectivity index (χ4v) is 6.46. The molecule has 2 heterocycles. The Bertz CT molecular complexity index is 2030. The van der Waals surface area contributed by atoms with Crippen LogP contribution in [0.1, 0.15) is 60.8 Å². The molecule has 1 aliphatic carbocycles. The van der Waals surface area contributed by atoms with E-state index in [-0.39, 0.29) is 46.6 Å². The molecule has 3 N–H and O–H groups in total. The van der Waals surface area contributed by atoms with Crippen LogP contribution in [0.5, 0.6) is 17.2 Å². The third-order valence-electron chi connectivity index (χ3n) is 8.85. The normalized spacial score (nSPS) is 18.9. The van der Waals surface area contributed by atoms with Crippen molar-refractivity contribution in [2.24, 2.45) is 0 Å². The van der Waals surface area contributed by atoms with Crippen LogP contribution < -0.4 is 24.2 Å². The molecule has 0 bridgehead atoms. The lowest BCUT2D eigenvalue weighted by atomic mass is 9.87. The molecule has 1 saturated carbocycles. The van der Waals surface area contributed by atoms with Gasteiger partial charge in [0.2, 0.25) is 5.60 Å². The minimum absolute atomic E-state index is 0.0317. The summed E-state index contributed by atoms with van der Waals surface area (Å²) in [6.07, 6.45) is -0.218. The van der Waals surface area contributed by atoms with Crippen LogP contribution >= 0.6 is 0 Å². The Kier molecular flexibility index (Phi) is 10.4. The highest BCUT2D eigenvalue weighted by molar-refractivity contribution is 7.84. The van der Waals surface area contributed by atoms with Gasteiger partial charge in [-0.3, -0.25) is 4.79 Å². The predicted molar refractivity (Wildman–Crippen MR) is 192 cm³/mol. The standard InChI is InChI=1S/C39H39F4N3O6S/c1-36(2,3)53(49)46-37(19-18-24-8-6-5-7-9-24)23-51-34-29(37)21-32(45-33(34)25-10-13-27(40)14-11-25)38(48,39(41,42)43)22-44-35(47)26-12-17-30(31(20-26)50-4)52-28-15-16-28/h5-14,17-21,28,46,48H,15-16,22-23H2,1-4H3,(H,44,47)/b19-18+. The van der Waals surface area contributed by atoms with E-state index in [1.54, 1.807) is 32.9 Å². The molecule has 14 heteroatoms. The molecule has 3 atom stereocenters. The van der Waals surface area contributed by atoms with E-state index in [0.717, 1.165) is 36.6 Å². The van der Waals surface area contributed by atoms with Gasteiger partial charge in [-0.25, -0.2) is 18.3 Å². The molecule has 1 fully saturated rings. The average Bonchev–Trinajstić information content (AvgIpc) is 3.88. The lowest BCUT2D eigenvalue weighted by Crippen LogP contribution is -2.52. The molecule has 280 valence electrons. The number of amides is 1. The van der Waals surface area contributed by atoms with E-state index in [9.17, 15) is 18.5 Å². The number of ether oxygens (including phenoxy) is 3. The summed E-state index contributed by atoms with van der Waals surface area (Å²) in [6, 6.07) is 19.2. The lowest BCUT2D eigenvalue weighted by molar-refractivity contribution is -0.265. The summed E-state index contributed by atoms with van der Waals surface area (Å²) in [5.74, 6) is -0.856. The molecule has 3 unspecified atom stereocenters. The van der Waals surface area contributed by atoms with Crippen LogP contribution in [0.3, 0.4) is 0 Å². The Morgan fingerprint density at radius 1 is 1.04 bits per heavy atom. The average molecular weight is 754 g/mol. The molecule has 0 spiro atoms. The number of alkyl halides is 3. The zero-order valence-electron chi connectivity index (χ0n) is 29.4. The van der Waals surface area contributed by atoms with E-state index in [4.69, 9.17) is 14.2 Å². The van der Waals surface area contributed by atoms with Crippen LogP contribution in [0.25, 0.3) is 17.3 Å². The number of halogens is 4. The van der Waals surface area contributed by atoms with Crippen molar-refractivity contribution in [1.82, 2.24) is 15.0 Å². The van der Waals surface area contributed by atoms with Gasteiger partial charge in [0.15, 0.2) is 17.2 Å². The van der Waals surface area contributed by atoms with Crippen LogP contribution in [0, 0.1) is 5.82 Å². The second kappa shape index (κ2) is 14.6. The number of hydrogen-bond donors (Lipinski definition) is 3. The Morgan fingerprint density at radius 3 is 2.36 bits per heavy atom. The third-order valence-corrected chi connectivity index (χ3v) is 10.5. The van der Waals surface area contributed by atoms with Crippen LogP contribution in [-0.2, 0) is 22.1 Å². The quantitative estimate of drug-likeness (QED) is 0.134. The van der Waals surface area contributed by atoms with Crippen molar-refractivity contribution in [2.45, 2.75) is 61.8 Å². The first-order chi connectivity index (χ1) is 25.0. The maximum Gasteiger partial charge on any atom is 0.424 e. The van der Waals surface area contributed by atoms with Gasteiger partial charge in [0.25, 0.3) is 5.91 Å². The number of fused-ring (bicyclic) bond motifs is 1. The topological polar surface area (TPSA) is 119 Å². The summed E-state index contributed by atoms with van der Waals surface area (Å²) >= 11 is 0. The maximum absolute atomic E-state index is 15.2. The maximum atomic E-state index is 15.2. The number of aliphatic hydroxyl groups is 1. The number of pyridine rings is 1. The number of carbonyl (C=O) groups excluding carboxylic acids is 1. The summed E-state index contributed by atoms with van der Waals surface area (Å²) in [7, 11) is -0.401. The Morgan fingerprint density at radius 2 is 1.74 bits per heavy atom. The molecule has 4 aromatic rings. The Balaban J connectivity index is 1.46. The largest absolute Gasteiger partial charge is 0.493 e. The fourth-order valence-electron chi connectivity index (χ4n) is 5.59. The first kappa shape index (κ1) is 38.0. The number of nitrogens with one attached hydrogen (secondary N) is 2. The van der Waals surface area contributed by atoms with Crippen molar-refractivity contribution in [3.8, 4) is 28.5 Å². The molecular formula is C39H39F4N3O6S. The van der Waals surface area contributed by atoms with Gasteiger partial charge in [0, 0.05) is 16.7 Å². The van der Waals surface area contributed by atoms with E-state index >= 15 is 13.2 Å². The third kappa shape index (κ3) is 8.09. The fraction of sp³-hybridized carbons (Fsp3) is 0.333. The molecule has 1 aromatic heterocycles. The SMILES string of the molecule is COc1cc(C(=O)NCC(O)(c2cc3c(c(-c4ccc(F)cc4)n2)OCC3(/C=C/c2ccccc2)NS(=O)C(C)(C)C)C(F)(F)F)ccc1OC1CC1. The van der Waals surface area contributed by atoms with Gasteiger partial charge < -0.3 is 24.6 Å². The summed E-state index contributed by atoms with van der Waals surface area (Å²) in [5, 5.41) is 13.9. The number of nitrogens with zero attached hydrogens (tertiary/aromatic N) is 1. The second-order valence-corrected chi connectivity index (χ2v) is 15.9. The van der Waals surface area contributed by atoms with Crippen molar-refractivity contribution in [1.29, 1.82) is 0 Å². The van der Waals surface area contributed by atoms with E-state index in [0.29, 0.717) is 5.75 Å². The van der Waals surface area contributed by atoms with Crippen molar-refractivity contribution in [2.75, 3.05) is 20.3 Å². The molecular weight excluding hydrogens is 715 g/mol. The van der Waals surface area contributed by atoms with Crippen molar-refractivity contribution in [3.63, 3.8) is 0 Å². The van der Waals surface area contributed by atoms with Gasteiger partial charge in [-0.05, 0) is 87.7 Å². The molecule has 9 nitrogen and oxygen atoms in total. The first-order valence-corrected chi connectivity index (χ1v) is 18.0. The summed E-state index contributed by atoms with van der Waals surface area (Å²) < 4.78 is 92.8. The molecule has 1 amide bonds. The van der Waals surface area contributed by atoms with Crippen molar-refractivity contribution in [3.05, 3.63) is 113 Å². The van der Waals surface area contributed by atoms with E-state index < -0.39 is 57.0 Å². The monoisotopic (exact) mass is 753 g/mol. The van der Waals surface area contributed by atoms with Gasteiger partial charge in [-0.2, -0.15) is 13.2 Å². The molecule has 3 aromatic carbocycles. The highest BCUT2D eigenvalue weighted by Crippen LogP contribution is 2.48. The smallest absolute Gasteiger partial charge is 0.424 e. The Hall–Kier alpha value is -4.79. The molecule has 0 saturated heterocycles. The molecule has 53 heavy (non-hydrogen) atoms. The van der Waals surface area contributed by atoms with Crippen molar-refractivity contribution < 1.29 is 45.9 Å². The second-order valence-electron chi connectivity index (χ2n) is 14.0. The minimum atomic E-state index is -5.37. The van der Waals surface area contributed by atoms with E-state index in [1.165, 1.54) is 37.4 Å². The van der Waals surface area contributed by atoms with Gasteiger partial charge in [-0.1, -0.05) is 42.5 Å². The lowest BCUT2D eigenvalue weighted by Gasteiger charge is -2.33. The minimum Gasteiger partial charge on any atom is -0.493 e. The number of carbonyl (C=O) groups is 1. The van der Waals surface area contributed by atoms with Crippen LogP contribution in [0.2, 0.25) is 0 Å². The van der Waals surface area contributed by atoms with Gasteiger partial charge >= 0.3 is 6.18 Å². The summed E-state index contributed by atoms with van der Waals surface area (Å²) in [6.45, 7) is 3.66. The van der Waals surface area contributed by atoms with Gasteiger partial charge in [-0.15, -0.1) is 0 Å². The molecule has 0 radical (unpaired) electrons. The molecule has 2 aliphatic rings. The number of methoxy groups -OCH3 is 1. The van der Waals surface area contributed by atoms with Crippen LogP contribution in [-0.4, -0.2) is 57.5 Å². The van der Waals surface area contributed by atoms with E-state index in [2.05, 4.69) is 15.0 Å². The number of rotatable bonds is 12. The van der Waals surface area contributed by atoms with Crippen molar-refractivity contribution >= 4 is 23.0 Å². The van der Waals surface area contributed by atoms with Crippen LogP contribution in [0.4, 0.5) is 17.6 Å². The van der Waals surface area contributed by atoms with Crippen LogP contribution in [0.15, 0.2) is 84.9 Å². The summed E-state index contributed by atoms with van der Waals surface area (Å²) in [5.41, 5.74) is -5.24. The highest BCUT2D eigenvalue weighted by Gasteiger charge is 2.57. The predicted octanol–water partition coefficient (Wildman–Crippen LogP) is 6.97. The van der Waals surface area contributed by atoms with E-state index in [1.807, 2.05) is 30.3 Å².